The van der Waals surface area contributed by atoms with Crippen LogP contribution in [0.3, 0.4) is 0 Å². The van der Waals surface area contributed by atoms with Crippen LogP contribution in [0.5, 0.6) is 0 Å². The Labute approximate surface area is 110 Å². The smallest absolute Gasteiger partial charge is 0.267 e. The number of amides is 1. The first kappa shape index (κ1) is 13.9. The number of rotatable bonds is 4. The van der Waals surface area contributed by atoms with Crippen molar-refractivity contribution in [1.29, 1.82) is 0 Å². The lowest BCUT2D eigenvalue weighted by molar-refractivity contribution is 0.0954. The van der Waals surface area contributed by atoms with Crippen LogP contribution in [0.25, 0.3) is 0 Å². The zero-order valence-electron chi connectivity index (χ0n) is 10.3. The molecule has 0 saturated carbocycles. The van der Waals surface area contributed by atoms with E-state index in [0.29, 0.717) is 11.5 Å². The Morgan fingerprint density at radius 2 is 2.12 bits per heavy atom. The Hall–Kier alpha value is -1.16. The third-order valence-electron chi connectivity index (χ3n) is 2.78. The summed E-state index contributed by atoms with van der Waals surface area (Å²) in [6, 6.07) is 7.28. The monoisotopic (exact) mass is 296 g/mol. The molecule has 0 aliphatic carbocycles. The zero-order chi connectivity index (χ0) is 12.8. The minimum absolute atomic E-state index is 0.194. The average molecular weight is 297 g/mol. The second-order valence-corrected chi connectivity index (χ2v) is 4.84. The first-order valence-corrected chi connectivity index (χ1v) is 6.44. The van der Waals surface area contributed by atoms with Crippen molar-refractivity contribution < 1.29 is 4.79 Å². The number of carbonyl (C=O) groups is 1. The highest BCUT2D eigenvalue weighted by Gasteiger charge is 2.09. The van der Waals surface area contributed by atoms with Crippen molar-refractivity contribution in [2.75, 3.05) is 0 Å². The first-order valence-electron chi connectivity index (χ1n) is 5.65. The topological polar surface area (TPSA) is 41.5 Å². The molecule has 4 heteroatoms. The SMILES string of the molecule is CC[C@@H](C)/C(C)=N\NC(=O)c1ccccc1Br. The highest BCUT2D eigenvalue weighted by atomic mass is 79.9. The van der Waals surface area contributed by atoms with Gasteiger partial charge >= 0.3 is 0 Å². The van der Waals surface area contributed by atoms with Gasteiger partial charge in [0, 0.05) is 10.2 Å². The largest absolute Gasteiger partial charge is 0.272 e. The standard InChI is InChI=1S/C13H17BrN2O/c1-4-9(2)10(3)15-16-13(17)11-7-5-6-8-12(11)14/h5-9H,4H2,1-3H3,(H,16,17)/b15-10-/t9-/m1/s1. The van der Waals surface area contributed by atoms with Gasteiger partial charge in [-0.1, -0.05) is 26.0 Å². The van der Waals surface area contributed by atoms with E-state index in [4.69, 9.17) is 0 Å². The van der Waals surface area contributed by atoms with Crippen LogP contribution in [0.4, 0.5) is 0 Å². The fourth-order valence-electron chi connectivity index (χ4n) is 1.25. The van der Waals surface area contributed by atoms with Crippen LogP contribution in [-0.2, 0) is 0 Å². The normalized spacial score (nSPS) is 13.3. The van der Waals surface area contributed by atoms with Gasteiger partial charge in [-0.3, -0.25) is 4.79 Å². The van der Waals surface area contributed by atoms with Crippen LogP contribution >= 0.6 is 15.9 Å². The highest BCUT2D eigenvalue weighted by molar-refractivity contribution is 9.10. The first-order chi connectivity index (χ1) is 8.06. The molecule has 1 aromatic carbocycles. The highest BCUT2D eigenvalue weighted by Crippen LogP contribution is 2.15. The van der Waals surface area contributed by atoms with Gasteiger partial charge in [0.15, 0.2) is 0 Å². The van der Waals surface area contributed by atoms with Gasteiger partial charge in [-0.2, -0.15) is 5.10 Å². The molecule has 0 aliphatic heterocycles. The van der Waals surface area contributed by atoms with E-state index in [0.717, 1.165) is 16.6 Å². The number of carbonyl (C=O) groups excluding carboxylic acids is 1. The van der Waals surface area contributed by atoms with Crippen LogP contribution in [0, 0.1) is 5.92 Å². The van der Waals surface area contributed by atoms with E-state index in [1.54, 1.807) is 6.07 Å². The number of hydrazone groups is 1. The van der Waals surface area contributed by atoms with Gasteiger partial charge in [0.25, 0.3) is 5.91 Å². The molecule has 0 aliphatic rings. The van der Waals surface area contributed by atoms with E-state index < -0.39 is 0 Å². The molecule has 1 rings (SSSR count). The molecule has 0 saturated heterocycles. The number of nitrogens with one attached hydrogen (secondary N) is 1. The van der Waals surface area contributed by atoms with Crippen LogP contribution in [0.1, 0.15) is 37.6 Å². The molecule has 1 aromatic rings. The van der Waals surface area contributed by atoms with E-state index in [1.165, 1.54) is 0 Å². The molecule has 1 N–H and O–H groups in total. The van der Waals surface area contributed by atoms with Gasteiger partial charge in [-0.25, -0.2) is 5.43 Å². The van der Waals surface area contributed by atoms with Gasteiger partial charge in [-0.05, 0) is 47.3 Å². The predicted molar refractivity (Wildman–Crippen MR) is 74.2 cm³/mol. The van der Waals surface area contributed by atoms with Gasteiger partial charge < -0.3 is 0 Å². The second-order valence-electron chi connectivity index (χ2n) is 3.98. The lowest BCUT2D eigenvalue weighted by Crippen LogP contribution is -2.21. The molecule has 1 amide bonds. The number of hydrogen-bond donors (Lipinski definition) is 1. The van der Waals surface area contributed by atoms with Crippen LogP contribution < -0.4 is 5.43 Å². The Balaban J connectivity index is 2.71. The summed E-state index contributed by atoms with van der Waals surface area (Å²) in [5, 5.41) is 4.11. The zero-order valence-corrected chi connectivity index (χ0v) is 11.9. The van der Waals surface area contributed by atoms with E-state index in [-0.39, 0.29) is 5.91 Å². The van der Waals surface area contributed by atoms with Crippen molar-refractivity contribution in [3.05, 3.63) is 34.3 Å². The van der Waals surface area contributed by atoms with Gasteiger partial charge in [0.05, 0.1) is 5.56 Å². The van der Waals surface area contributed by atoms with E-state index in [1.807, 2.05) is 25.1 Å². The number of benzene rings is 1. The maximum absolute atomic E-state index is 11.8. The summed E-state index contributed by atoms with van der Waals surface area (Å²) >= 11 is 3.34. The second kappa shape index (κ2) is 6.55. The molecule has 17 heavy (non-hydrogen) atoms. The molecule has 3 nitrogen and oxygen atoms in total. The summed E-state index contributed by atoms with van der Waals surface area (Å²) in [6.07, 6.45) is 1.01. The Morgan fingerprint density at radius 1 is 1.47 bits per heavy atom. The molecule has 0 fully saturated rings. The Kier molecular flexibility index (Phi) is 5.35. The minimum atomic E-state index is -0.194. The fraction of sp³-hybridized carbons (Fsp3) is 0.385. The maximum atomic E-state index is 11.8. The van der Waals surface area contributed by atoms with Gasteiger partial charge in [0.2, 0.25) is 0 Å². The molecule has 0 heterocycles. The quantitative estimate of drug-likeness (QED) is 0.669. The molecule has 0 unspecified atom stereocenters. The number of halogens is 1. The van der Waals surface area contributed by atoms with Crippen LogP contribution in [0.2, 0.25) is 0 Å². The van der Waals surface area contributed by atoms with Crippen molar-refractivity contribution >= 4 is 27.5 Å². The lowest BCUT2D eigenvalue weighted by atomic mass is 10.1. The molecule has 0 bridgehead atoms. The Morgan fingerprint density at radius 3 is 2.71 bits per heavy atom. The van der Waals surface area contributed by atoms with Crippen molar-refractivity contribution in [2.24, 2.45) is 11.0 Å². The number of nitrogens with zero attached hydrogens (tertiary/aromatic N) is 1. The fourth-order valence-corrected chi connectivity index (χ4v) is 1.71. The Bertz CT molecular complexity index is 429. The summed E-state index contributed by atoms with van der Waals surface area (Å²) in [4.78, 5) is 11.8. The summed E-state index contributed by atoms with van der Waals surface area (Å²) in [5.74, 6) is 0.189. The van der Waals surface area contributed by atoms with Crippen molar-refractivity contribution in [1.82, 2.24) is 5.43 Å². The maximum Gasteiger partial charge on any atom is 0.272 e. The molecule has 92 valence electrons. The van der Waals surface area contributed by atoms with Gasteiger partial charge in [0.1, 0.15) is 0 Å². The van der Waals surface area contributed by atoms with E-state index >= 15 is 0 Å². The molecule has 0 aromatic heterocycles. The average Bonchev–Trinajstić information content (AvgIpc) is 2.35. The van der Waals surface area contributed by atoms with E-state index in [2.05, 4.69) is 40.3 Å². The minimum Gasteiger partial charge on any atom is -0.267 e. The van der Waals surface area contributed by atoms with Crippen molar-refractivity contribution in [3.63, 3.8) is 0 Å². The van der Waals surface area contributed by atoms with Crippen molar-refractivity contribution in [2.45, 2.75) is 27.2 Å². The third-order valence-corrected chi connectivity index (χ3v) is 3.47. The predicted octanol–water partition coefficient (Wildman–Crippen LogP) is 3.60. The van der Waals surface area contributed by atoms with Crippen LogP contribution in [-0.4, -0.2) is 11.6 Å². The van der Waals surface area contributed by atoms with Crippen LogP contribution in [0.15, 0.2) is 33.8 Å². The molecule has 0 radical (unpaired) electrons. The lowest BCUT2D eigenvalue weighted by Gasteiger charge is -2.08. The molecular formula is C13H17BrN2O. The summed E-state index contributed by atoms with van der Waals surface area (Å²) in [5.41, 5.74) is 4.10. The molecule has 0 spiro atoms. The molecular weight excluding hydrogens is 280 g/mol. The van der Waals surface area contributed by atoms with Gasteiger partial charge in [-0.15, -0.1) is 0 Å². The summed E-state index contributed by atoms with van der Waals surface area (Å²) in [7, 11) is 0. The third kappa shape index (κ3) is 3.97. The molecule has 1 atom stereocenters. The van der Waals surface area contributed by atoms with E-state index in [9.17, 15) is 4.79 Å². The summed E-state index contributed by atoms with van der Waals surface area (Å²) in [6.45, 7) is 6.11. The summed E-state index contributed by atoms with van der Waals surface area (Å²) < 4.78 is 0.772. The van der Waals surface area contributed by atoms with Crippen molar-refractivity contribution in [3.8, 4) is 0 Å². The number of hydrogen-bond acceptors (Lipinski definition) is 2.